The highest BCUT2D eigenvalue weighted by Gasteiger charge is 2.80. The Bertz CT molecular complexity index is 1600. The van der Waals surface area contributed by atoms with Gasteiger partial charge in [-0.15, -0.1) is 0 Å². The highest BCUT2D eigenvalue weighted by molar-refractivity contribution is 6.10. The maximum atomic E-state index is 14.9. The number of hydrogen-bond donors (Lipinski definition) is 2. The van der Waals surface area contributed by atoms with Gasteiger partial charge in [0.15, 0.2) is 17.4 Å². The predicted octanol–water partition coefficient (Wildman–Crippen LogP) is 6.09. The van der Waals surface area contributed by atoms with E-state index in [1.165, 1.54) is 30.3 Å². The second kappa shape index (κ2) is 12.0. The number of carbonyl (C=O) groups excluding carboxylic acids is 2. The Morgan fingerprint density at radius 2 is 1.32 bits per heavy atom. The number of ether oxygens (including phenoxy) is 1. The van der Waals surface area contributed by atoms with E-state index in [0.717, 1.165) is 12.1 Å². The lowest BCUT2D eigenvalue weighted by Crippen LogP contribution is -2.75. The number of halogens is 12. The van der Waals surface area contributed by atoms with Crippen molar-refractivity contribution in [1.82, 2.24) is 10.6 Å². The van der Waals surface area contributed by atoms with Crippen molar-refractivity contribution in [3.63, 3.8) is 0 Å². The molecule has 2 aromatic heterocycles. The first-order valence-corrected chi connectivity index (χ1v) is 12.5. The number of rotatable bonds is 8. The average Bonchev–Trinajstić information content (AvgIpc) is 3.69. The van der Waals surface area contributed by atoms with Crippen molar-refractivity contribution in [1.29, 1.82) is 0 Å². The van der Waals surface area contributed by atoms with E-state index in [1.54, 1.807) is 5.32 Å². The van der Waals surface area contributed by atoms with Crippen LogP contribution >= 0.6 is 0 Å². The summed E-state index contributed by atoms with van der Waals surface area (Å²) in [5.74, 6) is -16.3. The fourth-order valence-corrected chi connectivity index (χ4v) is 4.25. The molecule has 0 unspecified atom stereocenters. The van der Waals surface area contributed by atoms with Gasteiger partial charge in [-0.1, -0.05) is 30.3 Å². The van der Waals surface area contributed by atoms with Gasteiger partial charge in [0, 0.05) is 6.54 Å². The molecular weight excluding hydrogens is 676 g/mol. The number of amides is 2. The summed E-state index contributed by atoms with van der Waals surface area (Å²) in [5.41, 5.74) is -11.9. The summed E-state index contributed by atoms with van der Waals surface area (Å²) < 4.78 is 188. The fourth-order valence-electron chi connectivity index (χ4n) is 4.25. The van der Waals surface area contributed by atoms with E-state index >= 15 is 0 Å². The van der Waals surface area contributed by atoms with Crippen molar-refractivity contribution in [2.24, 2.45) is 15.9 Å². The van der Waals surface area contributed by atoms with Crippen molar-refractivity contribution in [2.75, 3.05) is 0 Å². The molecule has 254 valence electrons. The molecule has 0 bridgehead atoms. The Labute approximate surface area is 253 Å². The normalized spacial score (nSPS) is 16.4. The van der Waals surface area contributed by atoms with Crippen molar-refractivity contribution in [3.8, 4) is 0 Å². The summed E-state index contributed by atoms with van der Waals surface area (Å²) in [4.78, 5) is 30.6. The van der Waals surface area contributed by atoms with Crippen LogP contribution in [0.2, 0.25) is 0 Å². The first kappa shape index (κ1) is 34.9. The molecule has 0 saturated carbocycles. The van der Waals surface area contributed by atoms with E-state index in [1.807, 2.05) is 0 Å². The zero-order valence-electron chi connectivity index (χ0n) is 22.6. The summed E-state index contributed by atoms with van der Waals surface area (Å²) in [6, 6.07) is 9.36. The molecule has 1 aromatic carbocycles. The minimum absolute atomic E-state index is 0.00751. The lowest BCUT2D eigenvalue weighted by Gasteiger charge is -2.43. The van der Waals surface area contributed by atoms with Crippen LogP contribution in [0.3, 0.4) is 0 Å². The third-order valence-corrected chi connectivity index (χ3v) is 6.46. The molecule has 2 amide bonds. The minimum atomic E-state index is -6.92. The van der Waals surface area contributed by atoms with E-state index in [4.69, 9.17) is 0 Å². The molecular formula is C26H16F12N4O5. The average molecular weight is 692 g/mol. The predicted molar refractivity (Wildman–Crippen MR) is 131 cm³/mol. The van der Waals surface area contributed by atoms with E-state index < -0.39 is 83.5 Å². The molecule has 1 atom stereocenters. The molecule has 1 aliphatic heterocycles. The Hall–Kier alpha value is -4.98. The van der Waals surface area contributed by atoms with E-state index in [9.17, 15) is 62.3 Å². The second-order valence-electron chi connectivity index (χ2n) is 9.49. The summed E-state index contributed by atoms with van der Waals surface area (Å²) >= 11 is 0. The van der Waals surface area contributed by atoms with Crippen LogP contribution in [0.25, 0.3) is 0 Å². The quantitative estimate of drug-likeness (QED) is 0.277. The zero-order chi connectivity index (χ0) is 35.1. The Balaban J connectivity index is 2.06. The molecule has 21 heteroatoms. The van der Waals surface area contributed by atoms with Crippen molar-refractivity contribution < 1.29 is 75.8 Å². The van der Waals surface area contributed by atoms with Gasteiger partial charge < -0.3 is 24.2 Å². The number of alkyl halides is 12. The molecule has 3 aromatic rings. The lowest BCUT2D eigenvalue weighted by atomic mass is 9.80. The summed E-state index contributed by atoms with van der Waals surface area (Å²) in [6.07, 6.45) is -26.0. The number of nitrogens with one attached hydrogen (secondary N) is 2. The topological polar surface area (TPSA) is 118 Å². The van der Waals surface area contributed by atoms with Crippen LogP contribution in [0, 0.1) is 5.92 Å². The molecule has 9 nitrogen and oxygen atoms in total. The minimum Gasteiger partial charge on any atom is -0.459 e. The van der Waals surface area contributed by atoms with Crippen molar-refractivity contribution in [3.05, 3.63) is 84.2 Å². The van der Waals surface area contributed by atoms with Crippen LogP contribution in [0.15, 0.2) is 85.9 Å². The van der Waals surface area contributed by atoms with Gasteiger partial charge in [0.25, 0.3) is 17.3 Å². The van der Waals surface area contributed by atoms with Gasteiger partial charge in [-0.05, 0) is 29.8 Å². The van der Waals surface area contributed by atoms with Crippen LogP contribution in [-0.2, 0) is 16.1 Å². The summed E-state index contributed by atoms with van der Waals surface area (Å²) in [6.45, 7) is -0.913. The highest BCUT2D eigenvalue weighted by atomic mass is 19.4. The lowest BCUT2D eigenvalue weighted by molar-refractivity contribution is -0.312. The van der Waals surface area contributed by atoms with Crippen LogP contribution in [0.4, 0.5) is 52.7 Å². The van der Waals surface area contributed by atoms with E-state index in [2.05, 4.69) is 23.6 Å². The maximum Gasteiger partial charge on any atom is 0.443 e. The van der Waals surface area contributed by atoms with E-state index in [-0.39, 0.29) is 5.56 Å². The van der Waals surface area contributed by atoms with Crippen LogP contribution in [-0.4, -0.2) is 59.5 Å². The van der Waals surface area contributed by atoms with Gasteiger partial charge in [-0.2, -0.15) is 57.7 Å². The number of nitrogens with zero attached hydrogens (tertiary/aromatic N) is 2. The smallest absolute Gasteiger partial charge is 0.443 e. The number of hydrogen-bond acceptors (Lipinski definition) is 7. The molecule has 0 aliphatic carbocycles. The van der Waals surface area contributed by atoms with Crippen LogP contribution in [0.1, 0.15) is 21.9 Å². The van der Waals surface area contributed by atoms with Crippen molar-refractivity contribution in [2.45, 2.75) is 42.5 Å². The zero-order valence-corrected chi connectivity index (χ0v) is 22.6. The third-order valence-electron chi connectivity index (χ3n) is 6.46. The molecule has 4 rings (SSSR count). The largest absolute Gasteiger partial charge is 0.459 e. The molecule has 0 spiro atoms. The first-order valence-electron chi connectivity index (χ1n) is 12.5. The molecule has 1 aliphatic rings. The standard InChI is InChI=1S/C26H16F12N4O5/c27-23(28,29)21(24(30,31)32,40-17(43)14-8-4-10-45-14)16(18(44)39-12-13-6-2-1-3-7-13)20-42-22(25(33,34)35,26(36,37)38)41-19(47-20)15-9-5-11-46-15/h1-11,16H,12H2,(H,39,44)(H,40,43)/t16-/m0/s1. The molecule has 0 radical (unpaired) electrons. The Kier molecular flexibility index (Phi) is 8.90. The molecule has 0 saturated heterocycles. The maximum absolute atomic E-state index is 14.9. The van der Waals surface area contributed by atoms with Gasteiger partial charge >= 0.3 is 30.4 Å². The Morgan fingerprint density at radius 1 is 0.745 bits per heavy atom. The summed E-state index contributed by atoms with van der Waals surface area (Å²) in [7, 11) is 0. The number of furan rings is 2. The summed E-state index contributed by atoms with van der Waals surface area (Å²) in [5, 5.41) is 2.12. The molecule has 47 heavy (non-hydrogen) atoms. The number of carbonyl (C=O) groups is 2. The molecule has 0 fully saturated rings. The monoisotopic (exact) mass is 692 g/mol. The van der Waals surface area contributed by atoms with Gasteiger partial charge in [0.1, 0.15) is 0 Å². The number of aliphatic imine (C=N–C) groups is 2. The SMILES string of the molecule is O=C(NC([C@@H](C(=O)NCc1ccccc1)C1=NC(C(F)(F)F)(C(F)(F)F)N=C(c2ccco2)O1)(C(F)(F)F)C(F)(F)F)c1ccco1. The first-order chi connectivity index (χ1) is 21.6. The molecule has 3 heterocycles. The number of benzene rings is 1. The van der Waals surface area contributed by atoms with E-state index in [0.29, 0.717) is 30.0 Å². The third kappa shape index (κ3) is 6.37. The fraction of sp³-hybridized carbons (Fsp3) is 0.308. The van der Waals surface area contributed by atoms with Gasteiger partial charge in [-0.25, -0.2) is 4.99 Å². The van der Waals surface area contributed by atoms with Gasteiger partial charge in [0.2, 0.25) is 11.8 Å². The highest BCUT2D eigenvalue weighted by Crippen LogP contribution is 2.53. The second-order valence-corrected chi connectivity index (χ2v) is 9.49. The van der Waals surface area contributed by atoms with Gasteiger partial charge in [-0.3, -0.25) is 9.59 Å². The van der Waals surface area contributed by atoms with Gasteiger partial charge in [0.05, 0.1) is 12.5 Å². The van der Waals surface area contributed by atoms with Crippen LogP contribution in [0.5, 0.6) is 0 Å². The van der Waals surface area contributed by atoms with Crippen molar-refractivity contribution >= 4 is 23.6 Å². The molecule has 2 N–H and O–H groups in total. The Morgan fingerprint density at radius 3 is 1.81 bits per heavy atom. The van der Waals surface area contributed by atoms with Crippen LogP contribution < -0.4 is 10.6 Å².